The Bertz CT molecular complexity index is 97.2. The van der Waals surface area contributed by atoms with E-state index in [2.05, 4.69) is 11.7 Å². The van der Waals surface area contributed by atoms with Gasteiger partial charge in [-0.1, -0.05) is 0 Å². The van der Waals surface area contributed by atoms with Crippen LogP contribution >= 0.6 is 0 Å². The molecular weight excluding hydrogens is 183 g/mol. The maximum atomic E-state index is 8.52. The summed E-state index contributed by atoms with van der Waals surface area (Å²) in [5.41, 5.74) is 0. The zero-order valence-electron chi connectivity index (χ0n) is 3.51. The van der Waals surface area contributed by atoms with E-state index in [1.165, 1.54) is 0 Å². The van der Waals surface area contributed by atoms with Gasteiger partial charge in [-0.15, -0.1) is 0 Å². The van der Waals surface area contributed by atoms with Crippen molar-refractivity contribution in [1.29, 1.82) is 0 Å². The van der Waals surface area contributed by atoms with Crippen molar-refractivity contribution in [1.82, 2.24) is 0 Å². The minimum Gasteiger partial charge on any atom is -0.759 e. The van der Waals surface area contributed by atoms with E-state index in [1.807, 2.05) is 0 Å². The Hall–Kier alpha value is 0.284. The van der Waals surface area contributed by atoms with Gasteiger partial charge in [0.25, 0.3) is 0 Å². The second kappa shape index (κ2) is 7.28. The van der Waals surface area contributed by atoms with Crippen molar-refractivity contribution >= 4 is 10.4 Å². The van der Waals surface area contributed by atoms with Crippen molar-refractivity contribution in [2.24, 2.45) is 11.7 Å². The molecule has 0 aromatic heterocycles. The van der Waals surface area contributed by atoms with E-state index < -0.39 is 10.4 Å². The second-order valence-corrected chi connectivity index (χ2v) is 1.22. The predicted octanol–water partition coefficient (Wildman–Crippen LogP) is -2.52. The molecule has 0 aliphatic carbocycles. The molecule has 0 aromatic rings. The summed E-state index contributed by atoms with van der Waals surface area (Å²) >= 11 is 0. The molecule has 0 fully saturated rings. The molecule has 8 heavy (non-hydrogen) atoms. The van der Waals surface area contributed by atoms with Gasteiger partial charge < -0.3 is 9.11 Å². The Morgan fingerprint density at radius 2 is 1.12 bits per heavy atom. The first-order valence-corrected chi connectivity index (χ1v) is 2.33. The zero-order chi connectivity index (χ0) is 6.50. The summed E-state index contributed by atoms with van der Waals surface area (Å²) in [4.78, 5) is 0. The topological polar surface area (TPSA) is 132 Å². The van der Waals surface area contributed by atoms with Crippen LogP contribution in [0.3, 0.4) is 0 Å². The van der Waals surface area contributed by atoms with E-state index in [0.717, 1.165) is 0 Å². The fraction of sp³-hybridized carbons (Fsp3) is 0. The van der Waals surface area contributed by atoms with Crippen LogP contribution in [-0.4, -0.2) is 17.5 Å². The van der Waals surface area contributed by atoms with Crippen LogP contribution in [0.4, 0.5) is 0 Å². The Morgan fingerprint density at radius 3 is 1.12 bits per heavy atom. The summed E-state index contributed by atoms with van der Waals surface area (Å²) < 4.78 is 34.1. The van der Waals surface area contributed by atoms with Crippen molar-refractivity contribution < 1.29 is 34.0 Å². The van der Waals surface area contributed by atoms with Crippen LogP contribution in [-0.2, 0) is 26.9 Å². The summed E-state index contributed by atoms with van der Waals surface area (Å²) in [5.74, 6) is 8.00. The molecular formula is H4N2NiO4S. The Morgan fingerprint density at radius 1 is 1.12 bits per heavy atom. The molecule has 0 heterocycles. The Labute approximate surface area is 56.7 Å². The molecule has 8 heteroatoms. The third kappa shape index (κ3) is 2180. The van der Waals surface area contributed by atoms with Gasteiger partial charge >= 0.3 is 16.5 Å². The van der Waals surface area contributed by atoms with Crippen molar-refractivity contribution in [3.63, 3.8) is 0 Å². The molecule has 4 N–H and O–H groups in total. The molecule has 0 aliphatic rings. The first kappa shape index (κ1) is 15.7. The van der Waals surface area contributed by atoms with E-state index in [-0.39, 0.29) is 16.5 Å². The van der Waals surface area contributed by atoms with Crippen LogP contribution < -0.4 is 11.7 Å². The largest absolute Gasteiger partial charge is 2.00 e. The number of hydrazine groups is 1. The normalized spacial score (nSPS) is 8.00. The van der Waals surface area contributed by atoms with Crippen LogP contribution in [0.2, 0.25) is 0 Å². The summed E-state index contributed by atoms with van der Waals surface area (Å²) in [6, 6.07) is 0. The molecule has 0 spiro atoms. The molecule has 6 nitrogen and oxygen atoms in total. The van der Waals surface area contributed by atoms with Crippen molar-refractivity contribution in [2.45, 2.75) is 0 Å². The molecule has 0 saturated carbocycles. The summed E-state index contributed by atoms with van der Waals surface area (Å²) in [6.07, 6.45) is 0. The van der Waals surface area contributed by atoms with E-state index >= 15 is 0 Å². The van der Waals surface area contributed by atoms with E-state index in [1.54, 1.807) is 0 Å². The molecule has 0 saturated heterocycles. The maximum Gasteiger partial charge on any atom is 2.00 e. The summed E-state index contributed by atoms with van der Waals surface area (Å²) in [6.45, 7) is 0. The van der Waals surface area contributed by atoms with Gasteiger partial charge in [-0.25, -0.2) is 0 Å². The SMILES string of the molecule is NN.O=S(=O)([O-])[O-].[Ni+2]. The van der Waals surface area contributed by atoms with E-state index in [9.17, 15) is 0 Å². The minimum atomic E-state index is -5.17. The van der Waals surface area contributed by atoms with Gasteiger partial charge in [-0.2, -0.15) is 0 Å². The van der Waals surface area contributed by atoms with Crippen LogP contribution in [0.5, 0.6) is 0 Å². The Kier molecular flexibility index (Phi) is 14.3. The minimum absolute atomic E-state index is 0. The van der Waals surface area contributed by atoms with Crippen LogP contribution in [0.15, 0.2) is 0 Å². The number of hydrogen-bond donors (Lipinski definition) is 2. The first-order valence-electron chi connectivity index (χ1n) is 1.00. The van der Waals surface area contributed by atoms with Gasteiger partial charge in [0.1, 0.15) is 0 Å². The van der Waals surface area contributed by atoms with Gasteiger partial charge in [0.2, 0.25) is 0 Å². The molecule has 54 valence electrons. The van der Waals surface area contributed by atoms with E-state index in [4.69, 9.17) is 17.5 Å². The van der Waals surface area contributed by atoms with Crippen molar-refractivity contribution in [2.75, 3.05) is 0 Å². The average Bonchev–Trinajstić information content (AvgIpc) is 1.36. The van der Waals surface area contributed by atoms with Gasteiger partial charge in [0, 0.05) is 10.4 Å². The second-order valence-electron chi connectivity index (χ2n) is 0.408. The maximum absolute atomic E-state index is 8.52. The molecule has 0 unspecified atom stereocenters. The molecule has 0 aliphatic heterocycles. The number of hydrogen-bond acceptors (Lipinski definition) is 6. The van der Waals surface area contributed by atoms with Gasteiger partial charge in [0.15, 0.2) is 0 Å². The fourth-order valence-electron chi connectivity index (χ4n) is 0. The van der Waals surface area contributed by atoms with E-state index in [0.29, 0.717) is 0 Å². The van der Waals surface area contributed by atoms with Crippen LogP contribution in [0, 0.1) is 0 Å². The standard InChI is InChI=1S/H4N2.Ni.H2O4S/c1-2;;1-5(2,3)4/h1-2H2;;(H2,1,2,3,4)/q;+2;/p-2. The Balaban J connectivity index is -0.0000000750. The zero-order valence-corrected chi connectivity index (χ0v) is 5.32. The number of rotatable bonds is 0. The quantitative estimate of drug-likeness (QED) is 0.141. The molecule has 0 aromatic carbocycles. The summed E-state index contributed by atoms with van der Waals surface area (Å²) in [7, 11) is -5.17. The van der Waals surface area contributed by atoms with Crippen molar-refractivity contribution in [3.8, 4) is 0 Å². The van der Waals surface area contributed by atoms with Gasteiger partial charge in [-0.05, 0) is 0 Å². The number of nitrogens with two attached hydrogens (primary N) is 2. The predicted molar refractivity (Wildman–Crippen MR) is 18.8 cm³/mol. The smallest absolute Gasteiger partial charge is 0.759 e. The van der Waals surface area contributed by atoms with Crippen molar-refractivity contribution in [3.05, 3.63) is 0 Å². The first-order chi connectivity index (χ1) is 3.00. The fourth-order valence-corrected chi connectivity index (χ4v) is 0. The summed E-state index contributed by atoms with van der Waals surface area (Å²) in [5, 5.41) is 0. The molecule has 0 amide bonds. The van der Waals surface area contributed by atoms with Gasteiger partial charge in [0.05, 0.1) is 0 Å². The molecule has 0 radical (unpaired) electrons. The average molecular weight is 187 g/mol. The monoisotopic (exact) mass is 186 g/mol. The molecule has 0 atom stereocenters. The molecule has 0 rings (SSSR count). The molecule has 0 bridgehead atoms. The van der Waals surface area contributed by atoms with Gasteiger partial charge in [-0.3, -0.25) is 20.1 Å². The van der Waals surface area contributed by atoms with Crippen LogP contribution in [0.1, 0.15) is 0 Å². The third-order valence-electron chi connectivity index (χ3n) is 0. The third-order valence-corrected chi connectivity index (χ3v) is 0. The van der Waals surface area contributed by atoms with Crippen LogP contribution in [0.25, 0.3) is 0 Å².